The zero-order valence-electron chi connectivity index (χ0n) is 6.97. The Balaban J connectivity index is 3.03. The van der Waals surface area contributed by atoms with Crippen molar-refractivity contribution in [1.82, 2.24) is 0 Å². The Morgan fingerprint density at radius 2 is 2.00 bits per heavy atom. The molecule has 0 spiro atoms. The fraction of sp³-hybridized carbons (Fsp3) is 0.333. The van der Waals surface area contributed by atoms with Crippen molar-refractivity contribution in [3.63, 3.8) is 0 Å². The number of carbonyl (C=O) groups is 1. The molecule has 0 aliphatic carbocycles. The first-order valence-corrected chi connectivity index (χ1v) is 3.88. The molecule has 1 aromatic heterocycles. The van der Waals surface area contributed by atoms with E-state index in [1.54, 1.807) is 31.5 Å². The summed E-state index contributed by atoms with van der Waals surface area (Å²) in [6.07, 6.45) is 4.24. The van der Waals surface area contributed by atoms with Gasteiger partial charge in [-0.15, -0.1) is 0 Å². The molecule has 0 radical (unpaired) electrons. The number of aromatic nitrogens is 1. The molecule has 1 heterocycles. The van der Waals surface area contributed by atoms with E-state index in [9.17, 15) is 9.90 Å². The van der Waals surface area contributed by atoms with Crippen molar-refractivity contribution in [2.45, 2.75) is 19.1 Å². The molecule has 0 aliphatic rings. The molecule has 0 saturated heterocycles. The Morgan fingerprint density at radius 1 is 1.42 bits per heavy atom. The standard InChI is InChI=1S/C9H12NO2/c1-2-9(12,8-11)10-6-4-3-5-7-10/h3-8,12H,2H2,1H3/q+1. The van der Waals surface area contributed by atoms with Crippen LogP contribution in [0.25, 0.3) is 0 Å². The molecule has 0 aromatic carbocycles. The predicted octanol–water partition coefficient (Wildman–Crippen LogP) is 0.228. The van der Waals surface area contributed by atoms with Gasteiger partial charge in [0.1, 0.15) is 0 Å². The van der Waals surface area contributed by atoms with E-state index in [1.807, 2.05) is 6.07 Å². The second-order valence-corrected chi connectivity index (χ2v) is 2.63. The predicted molar refractivity (Wildman–Crippen MR) is 43.2 cm³/mol. The van der Waals surface area contributed by atoms with Gasteiger partial charge in [0.15, 0.2) is 12.4 Å². The van der Waals surface area contributed by atoms with Crippen molar-refractivity contribution >= 4 is 6.29 Å². The van der Waals surface area contributed by atoms with Crippen LogP contribution in [0.4, 0.5) is 0 Å². The molecule has 1 aromatic rings. The first kappa shape index (κ1) is 8.87. The molecule has 0 aliphatic heterocycles. The van der Waals surface area contributed by atoms with Crippen LogP contribution in [0.2, 0.25) is 0 Å². The summed E-state index contributed by atoms with van der Waals surface area (Å²) in [6, 6.07) is 5.37. The number of rotatable bonds is 3. The molecule has 3 nitrogen and oxygen atoms in total. The van der Waals surface area contributed by atoms with Gasteiger partial charge in [-0.25, -0.2) is 0 Å². The van der Waals surface area contributed by atoms with Gasteiger partial charge in [-0.3, -0.25) is 4.79 Å². The number of hydrogen-bond donors (Lipinski definition) is 1. The van der Waals surface area contributed by atoms with Gasteiger partial charge in [0.2, 0.25) is 6.29 Å². The Labute approximate surface area is 71.3 Å². The molecular formula is C9H12NO2+. The molecular weight excluding hydrogens is 154 g/mol. The van der Waals surface area contributed by atoms with E-state index < -0.39 is 5.72 Å². The summed E-state index contributed by atoms with van der Waals surface area (Å²) in [5, 5.41) is 9.70. The fourth-order valence-electron chi connectivity index (χ4n) is 0.984. The van der Waals surface area contributed by atoms with Gasteiger partial charge in [0, 0.05) is 18.6 Å². The van der Waals surface area contributed by atoms with Crippen LogP contribution in [-0.4, -0.2) is 11.4 Å². The zero-order chi connectivity index (χ0) is 9.03. The smallest absolute Gasteiger partial charge is 0.326 e. The number of pyridine rings is 1. The number of aliphatic hydroxyl groups is 1. The summed E-state index contributed by atoms with van der Waals surface area (Å²) in [4.78, 5) is 10.6. The largest absolute Gasteiger partial charge is 0.328 e. The van der Waals surface area contributed by atoms with Crippen LogP contribution in [0.3, 0.4) is 0 Å². The second-order valence-electron chi connectivity index (χ2n) is 2.63. The summed E-state index contributed by atoms with van der Waals surface area (Å²) >= 11 is 0. The van der Waals surface area contributed by atoms with Crippen LogP contribution >= 0.6 is 0 Å². The maximum absolute atomic E-state index is 10.6. The van der Waals surface area contributed by atoms with Gasteiger partial charge >= 0.3 is 5.72 Å². The van der Waals surface area contributed by atoms with Gasteiger partial charge in [-0.1, -0.05) is 13.0 Å². The van der Waals surface area contributed by atoms with Gasteiger partial charge < -0.3 is 5.11 Å². The maximum Gasteiger partial charge on any atom is 0.326 e. The Bertz CT molecular complexity index is 260. The number of hydrogen-bond acceptors (Lipinski definition) is 2. The monoisotopic (exact) mass is 166 g/mol. The lowest BCUT2D eigenvalue weighted by atomic mass is 10.2. The third-order valence-corrected chi connectivity index (χ3v) is 1.87. The van der Waals surface area contributed by atoms with Crippen molar-refractivity contribution in [2.75, 3.05) is 0 Å². The normalized spacial score (nSPS) is 15.2. The first-order chi connectivity index (χ1) is 5.73. The minimum atomic E-state index is -1.39. The summed E-state index contributed by atoms with van der Waals surface area (Å²) in [7, 11) is 0. The number of aldehydes is 1. The van der Waals surface area contributed by atoms with E-state index in [0.29, 0.717) is 12.7 Å². The lowest BCUT2D eigenvalue weighted by molar-refractivity contribution is -0.787. The average Bonchev–Trinajstić information content (AvgIpc) is 2.18. The summed E-state index contributed by atoms with van der Waals surface area (Å²) in [6.45, 7) is 1.76. The highest BCUT2D eigenvalue weighted by Gasteiger charge is 2.33. The maximum atomic E-state index is 10.6. The van der Waals surface area contributed by atoms with Gasteiger partial charge in [-0.05, 0) is 0 Å². The van der Waals surface area contributed by atoms with Crippen molar-refractivity contribution in [1.29, 1.82) is 0 Å². The van der Waals surface area contributed by atoms with E-state index in [2.05, 4.69) is 0 Å². The molecule has 64 valence electrons. The van der Waals surface area contributed by atoms with Crippen LogP contribution in [0.1, 0.15) is 13.3 Å². The van der Waals surface area contributed by atoms with Crippen molar-refractivity contribution in [2.24, 2.45) is 0 Å². The summed E-state index contributed by atoms with van der Waals surface area (Å²) < 4.78 is 1.49. The fourth-order valence-corrected chi connectivity index (χ4v) is 0.984. The lowest BCUT2D eigenvalue weighted by Gasteiger charge is -2.12. The van der Waals surface area contributed by atoms with Gasteiger partial charge in [0.05, 0.1) is 0 Å². The van der Waals surface area contributed by atoms with Crippen molar-refractivity contribution in [3.8, 4) is 0 Å². The first-order valence-electron chi connectivity index (χ1n) is 3.88. The molecule has 0 amide bonds. The minimum absolute atomic E-state index is 0.366. The third kappa shape index (κ3) is 1.51. The van der Waals surface area contributed by atoms with Crippen molar-refractivity contribution < 1.29 is 14.5 Å². The van der Waals surface area contributed by atoms with Crippen LogP contribution in [0.15, 0.2) is 30.6 Å². The van der Waals surface area contributed by atoms with Gasteiger partial charge in [-0.2, -0.15) is 4.57 Å². The second kappa shape index (κ2) is 3.45. The Kier molecular flexibility index (Phi) is 2.55. The van der Waals surface area contributed by atoms with Crippen LogP contribution in [0.5, 0.6) is 0 Å². The number of carbonyl (C=O) groups excluding carboxylic acids is 1. The SMILES string of the molecule is CCC(O)(C=O)[n+]1ccccc1. The molecule has 1 N–H and O–H groups in total. The van der Waals surface area contributed by atoms with E-state index in [0.717, 1.165) is 0 Å². The topological polar surface area (TPSA) is 41.2 Å². The Hall–Kier alpha value is -1.22. The molecule has 1 unspecified atom stereocenters. The van der Waals surface area contributed by atoms with Crippen molar-refractivity contribution in [3.05, 3.63) is 30.6 Å². The van der Waals surface area contributed by atoms with Crippen LogP contribution in [0, 0.1) is 0 Å². The summed E-state index contributed by atoms with van der Waals surface area (Å²) in [5.74, 6) is 0. The number of nitrogens with zero attached hydrogens (tertiary/aromatic N) is 1. The molecule has 1 rings (SSSR count). The van der Waals surface area contributed by atoms with Gasteiger partial charge in [0.25, 0.3) is 0 Å². The van der Waals surface area contributed by atoms with E-state index in [4.69, 9.17) is 0 Å². The average molecular weight is 166 g/mol. The molecule has 0 saturated carbocycles. The van der Waals surface area contributed by atoms with E-state index >= 15 is 0 Å². The molecule has 3 heteroatoms. The quantitative estimate of drug-likeness (QED) is 0.516. The molecule has 12 heavy (non-hydrogen) atoms. The summed E-state index contributed by atoms with van der Waals surface area (Å²) in [5.41, 5.74) is -1.39. The Morgan fingerprint density at radius 3 is 2.42 bits per heavy atom. The lowest BCUT2D eigenvalue weighted by Crippen LogP contribution is -2.56. The molecule has 1 atom stereocenters. The highest BCUT2D eigenvalue weighted by atomic mass is 16.3. The molecule has 0 fully saturated rings. The highest BCUT2D eigenvalue weighted by molar-refractivity contribution is 5.55. The van der Waals surface area contributed by atoms with E-state index in [1.165, 1.54) is 4.57 Å². The highest BCUT2D eigenvalue weighted by Crippen LogP contribution is 2.03. The molecule has 0 bridgehead atoms. The third-order valence-electron chi connectivity index (χ3n) is 1.87. The minimum Gasteiger partial charge on any atom is -0.328 e. The van der Waals surface area contributed by atoms with E-state index in [-0.39, 0.29) is 0 Å². The van der Waals surface area contributed by atoms with Crippen LogP contribution < -0.4 is 4.57 Å². The van der Waals surface area contributed by atoms with Crippen LogP contribution in [-0.2, 0) is 10.5 Å². The zero-order valence-corrected chi connectivity index (χ0v) is 6.97.